The fraction of sp³-hybridized carbons (Fsp3) is 0.286. The van der Waals surface area contributed by atoms with Crippen LogP contribution in [-0.4, -0.2) is 51.4 Å². The van der Waals surface area contributed by atoms with Crippen LogP contribution in [0.4, 0.5) is 10.1 Å². The summed E-state index contributed by atoms with van der Waals surface area (Å²) in [6.07, 6.45) is 0.232. The van der Waals surface area contributed by atoms with Crippen LogP contribution in [0.25, 0.3) is 0 Å². The molecular weight excluding hydrogens is 580 g/mol. The van der Waals surface area contributed by atoms with Crippen LogP contribution in [0.15, 0.2) is 71.6 Å². The Morgan fingerprint density at radius 1 is 0.975 bits per heavy atom. The molecule has 12 heteroatoms. The Hall–Kier alpha value is -3.34. The maximum Gasteiger partial charge on any atom is 0.264 e. The molecule has 0 bridgehead atoms. The molecule has 1 unspecified atom stereocenters. The first-order valence-electron chi connectivity index (χ1n) is 12.5. The van der Waals surface area contributed by atoms with Crippen molar-refractivity contribution >= 4 is 50.7 Å². The van der Waals surface area contributed by atoms with Gasteiger partial charge in [-0.05, 0) is 74.0 Å². The lowest BCUT2D eigenvalue weighted by atomic mass is 10.1. The highest BCUT2D eigenvalue weighted by atomic mass is 35.5. The van der Waals surface area contributed by atoms with E-state index in [2.05, 4.69) is 5.32 Å². The largest absolute Gasteiger partial charge is 0.494 e. The van der Waals surface area contributed by atoms with Gasteiger partial charge in [0.1, 0.15) is 24.2 Å². The number of rotatable bonds is 12. The van der Waals surface area contributed by atoms with Gasteiger partial charge in [-0.1, -0.05) is 36.2 Å². The van der Waals surface area contributed by atoms with Crippen molar-refractivity contribution in [2.45, 2.75) is 37.8 Å². The maximum atomic E-state index is 13.9. The van der Waals surface area contributed by atoms with Gasteiger partial charge in [-0.25, -0.2) is 12.8 Å². The molecule has 0 aliphatic rings. The molecule has 0 aliphatic heterocycles. The summed E-state index contributed by atoms with van der Waals surface area (Å²) in [6.45, 7) is 3.09. The zero-order valence-corrected chi connectivity index (χ0v) is 24.6. The van der Waals surface area contributed by atoms with Crippen molar-refractivity contribution in [3.8, 4) is 5.75 Å². The number of halogens is 3. The number of likely N-dealkylation sites (N-methyl/N-ethyl adjacent to an activating group) is 1. The van der Waals surface area contributed by atoms with Crippen molar-refractivity contribution in [1.29, 1.82) is 0 Å². The second-order valence-electron chi connectivity index (χ2n) is 8.65. The van der Waals surface area contributed by atoms with Gasteiger partial charge in [-0.2, -0.15) is 0 Å². The number of hydrogen-bond donors (Lipinski definition) is 1. The molecule has 2 amide bonds. The molecule has 0 radical (unpaired) electrons. The number of anilines is 1. The maximum absolute atomic E-state index is 13.9. The average Bonchev–Trinajstić information content (AvgIpc) is 2.93. The average molecular weight is 611 g/mol. The van der Waals surface area contributed by atoms with Gasteiger partial charge in [0.2, 0.25) is 11.8 Å². The molecule has 8 nitrogen and oxygen atoms in total. The molecule has 0 aliphatic carbocycles. The Labute approximate surface area is 243 Å². The van der Waals surface area contributed by atoms with Gasteiger partial charge in [-0.3, -0.25) is 13.9 Å². The van der Waals surface area contributed by atoms with E-state index in [0.29, 0.717) is 17.9 Å². The van der Waals surface area contributed by atoms with Crippen molar-refractivity contribution in [2.24, 2.45) is 0 Å². The number of carbonyl (C=O) groups excluding carboxylic acids is 2. The molecule has 0 fully saturated rings. The molecule has 0 heterocycles. The lowest BCUT2D eigenvalue weighted by Gasteiger charge is -2.33. The number of amides is 2. The SMILES string of the molecule is CCOc1ccc(S(=O)(=O)N(CC(=O)N(Cc2c(Cl)cccc2Cl)C(CC)C(=O)NC)c2ccc(F)cc2)cc1. The fourth-order valence-corrected chi connectivity index (χ4v) is 6.01. The van der Waals surface area contributed by atoms with Crippen LogP contribution >= 0.6 is 23.2 Å². The van der Waals surface area contributed by atoms with Crippen LogP contribution in [0.1, 0.15) is 25.8 Å². The Balaban J connectivity index is 2.08. The first-order valence-corrected chi connectivity index (χ1v) is 14.7. The topological polar surface area (TPSA) is 96.0 Å². The predicted molar refractivity (Wildman–Crippen MR) is 154 cm³/mol. The van der Waals surface area contributed by atoms with Crippen molar-refractivity contribution < 1.29 is 27.1 Å². The van der Waals surface area contributed by atoms with Gasteiger partial charge < -0.3 is 15.0 Å². The Kier molecular flexibility index (Phi) is 10.8. The quantitative estimate of drug-likeness (QED) is 0.301. The molecule has 1 N–H and O–H groups in total. The smallest absolute Gasteiger partial charge is 0.264 e. The van der Waals surface area contributed by atoms with Crippen molar-refractivity contribution in [3.63, 3.8) is 0 Å². The minimum absolute atomic E-state index is 0.0624. The van der Waals surface area contributed by atoms with Gasteiger partial charge in [0.15, 0.2) is 0 Å². The zero-order valence-electron chi connectivity index (χ0n) is 22.2. The first-order chi connectivity index (χ1) is 19.0. The van der Waals surface area contributed by atoms with E-state index in [9.17, 15) is 22.4 Å². The Bertz CT molecular complexity index is 1420. The second kappa shape index (κ2) is 13.8. The number of benzene rings is 3. The molecule has 1 atom stereocenters. The van der Waals surface area contributed by atoms with E-state index in [-0.39, 0.29) is 33.6 Å². The monoisotopic (exact) mass is 609 g/mol. The van der Waals surface area contributed by atoms with E-state index in [1.807, 2.05) is 0 Å². The van der Waals surface area contributed by atoms with E-state index in [1.165, 1.54) is 48.3 Å². The molecule has 3 rings (SSSR count). The minimum Gasteiger partial charge on any atom is -0.494 e. The summed E-state index contributed by atoms with van der Waals surface area (Å²) < 4.78 is 47.7. The van der Waals surface area contributed by atoms with Gasteiger partial charge in [0.25, 0.3) is 10.0 Å². The third-order valence-corrected chi connectivity index (χ3v) is 8.63. The zero-order chi connectivity index (χ0) is 29.4. The van der Waals surface area contributed by atoms with E-state index < -0.39 is 40.2 Å². The highest BCUT2D eigenvalue weighted by molar-refractivity contribution is 7.92. The molecule has 0 spiro atoms. The lowest BCUT2D eigenvalue weighted by molar-refractivity contribution is -0.140. The summed E-state index contributed by atoms with van der Waals surface area (Å²) in [6, 6.07) is 14.4. The normalized spacial score (nSPS) is 11.9. The highest BCUT2D eigenvalue weighted by Crippen LogP contribution is 2.29. The number of nitrogens with one attached hydrogen (secondary N) is 1. The van der Waals surface area contributed by atoms with Crippen LogP contribution in [0, 0.1) is 5.82 Å². The molecular formula is C28H30Cl2FN3O5S. The Morgan fingerprint density at radius 2 is 1.57 bits per heavy atom. The summed E-state index contributed by atoms with van der Waals surface area (Å²) >= 11 is 12.7. The van der Waals surface area contributed by atoms with Crippen molar-refractivity contribution in [1.82, 2.24) is 10.2 Å². The van der Waals surface area contributed by atoms with Gasteiger partial charge in [-0.15, -0.1) is 0 Å². The van der Waals surface area contributed by atoms with Crippen LogP contribution in [0.3, 0.4) is 0 Å². The molecule has 0 saturated heterocycles. The van der Waals surface area contributed by atoms with Gasteiger partial charge in [0, 0.05) is 29.2 Å². The molecule has 214 valence electrons. The Morgan fingerprint density at radius 3 is 2.10 bits per heavy atom. The number of sulfonamides is 1. The second-order valence-corrected chi connectivity index (χ2v) is 11.3. The summed E-state index contributed by atoms with van der Waals surface area (Å²) in [5.74, 6) is -1.23. The van der Waals surface area contributed by atoms with Crippen molar-refractivity contribution in [2.75, 3.05) is 24.5 Å². The van der Waals surface area contributed by atoms with Crippen LogP contribution in [0.5, 0.6) is 5.75 Å². The predicted octanol–water partition coefficient (Wildman–Crippen LogP) is 5.28. The molecule has 3 aromatic rings. The number of carbonyl (C=O) groups is 2. The molecule has 0 aromatic heterocycles. The third kappa shape index (κ3) is 7.24. The summed E-state index contributed by atoms with van der Waals surface area (Å²) in [5.41, 5.74) is 0.469. The molecule has 3 aromatic carbocycles. The van der Waals surface area contributed by atoms with E-state index in [0.717, 1.165) is 16.4 Å². The number of hydrogen-bond acceptors (Lipinski definition) is 5. The van der Waals surface area contributed by atoms with E-state index >= 15 is 0 Å². The standard InChI is InChI=1S/C28H30Cl2FN3O5S/c1-4-26(28(36)32-3)33(17-23-24(29)7-6-8-25(23)30)27(35)18-34(20-11-9-19(31)10-12-20)40(37,38)22-15-13-21(14-16-22)39-5-2/h6-16,26H,4-5,17-18H2,1-3H3,(H,32,36). The molecule has 0 saturated carbocycles. The summed E-state index contributed by atoms with van der Waals surface area (Å²) in [4.78, 5) is 27.8. The van der Waals surface area contributed by atoms with Gasteiger partial charge >= 0.3 is 0 Å². The first kappa shape index (κ1) is 31.2. The van der Waals surface area contributed by atoms with Crippen LogP contribution < -0.4 is 14.4 Å². The van der Waals surface area contributed by atoms with Gasteiger partial charge in [0.05, 0.1) is 17.2 Å². The minimum atomic E-state index is -4.32. The van der Waals surface area contributed by atoms with Crippen molar-refractivity contribution in [3.05, 3.63) is 88.2 Å². The fourth-order valence-electron chi connectivity index (χ4n) is 4.08. The van der Waals surface area contributed by atoms with Crippen LogP contribution in [-0.2, 0) is 26.2 Å². The molecule has 40 heavy (non-hydrogen) atoms. The van der Waals surface area contributed by atoms with Crippen LogP contribution in [0.2, 0.25) is 10.0 Å². The number of ether oxygens (including phenoxy) is 1. The van der Waals surface area contributed by atoms with E-state index in [1.54, 1.807) is 32.0 Å². The third-order valence-electron chi connectivity index (χ3n) is 6.14. The van der Waals surface area contributed by atoms with E-state index in [4.69, 9.17) is 27.9 Å². The number of nitrogens with zero attached hydrogens (tertiary/aromatic N) is 2. The highest BCUT2D eigenvalue weighted by Gasteiger charge is 2.34. The lowest BCUT2D eigenvalue weighted by Crippen LogP contribution is -2.51. The summed E-state index contributed by atoms with van der Waals surface area (Å²) in [5, 5.41) is 3.12. The summed E-state index contributed by atoms with van der Waals surface area (Å²) in [7, 11) is -2.88.